The summed E-state index contributed by atoms with van der Waals surface area (Å²) in [7, 11) is 0. The molecule has 0 saturated carbocycles. The zero-order valence-corrected chi connectivity index (χ0v) is 65.0. The van der Waals surface area contributed by atoms with Crippen LogP contribution in [0.5, 0.6) is 0 Å². The van der Waals surface area contributed by atoms with E-state index in [-0.39, 0.29) is 6.71 Å². The lowest BCUT2D eigenvalue weighted by Gasteiger charge is -2.45. The molecule has 19 aromatic rings. The molecule has 0 atom stereocenters. The largest absolute Gasteiger partial charge is 0.311 e. The van der Waals surface area contributed by atoms with Crippen molar-refractivity contribution in [2.45, 2.75) is 0 Å². The molecule has 0 amide bonds. The zero-order chi connectivity index (χ0) is 78.2. The monoisotopic (exact) mass is 1500 g/mol. The maximum absolute atomic E-state index is 2.58. The summed E-state index contributed by atoms with van der Waals surface area (Å²) in [6.45, 7) is -0.292. The highest BCUT2D eigenvalue weighted by Crippen LogP contribution is 2.52. The minimum absolute atomic E-state index is 0.292. The second-order valence-electron chi connectivity index (χ2n) is 30.5. The van der Waals surface area contributed by atoms with Crippen LogP contribution in [0.3, 0.4) is 0 Å². The lowest BCUT2D eigenvalue weighted by molar-refractivity contribution is 1.23. The van der Waals surface area contributed by atoms with Crippen molar-refractivity contribution in [3.63, 3.8) is 0 Å². The molecular formula is C114H78BN3. The van der Waals surface area contributed by atoms with Crippen molar-refractivity contribution in [3.05, 3.63) is 473 Å². The van der Waals surface area contributed by atoms with Gasteiger partial charge in [-0.15, -0.1) is 0 Å². The second-order valence-corrected chi connectivity index (χ2v) is 30.5. The van der Waals surface area contributed by atoms with Crippen LogP contribution in [0.1, 0.15) is 0 Å². The van der Waals surface area contributed by atoms with Gasteiger partial charge in [0.05, 0.1) is 5.69 Å². The number of hydrogen-bond donors (Lipinski definition) is 0. The van der Waals surface area contributed by atoms with Gasteiger partial charge in [-0.25, -0.2) is 0 Å². The van der Waals surface area contributed by atoms with Crippen LogP contribution in [-0.2, 0) is 0 Å². The Morgan fingerprint density at radius 3 is 0.585 bits per heavy atom. The smallest absolute Gasteiger partial charge is 0.252 e. The van der Waals surface area contributed by atoms with Gasteiger partial charge in [0.25, 0.3) is 6.71 Å². The Morgan fingerprint density at radius 1 is 0.153 bits per heavy atom. The van der Waals surface area contributed by atoms with Gasteiger partial charge in [-0.1, -0.05) is 400 Å². The molecular weight excluding hydrogens is 1420 g/mol. The van der Waals surface area contributed by atoms with Crippen molar-refractivity contribution in [2.24, 2.45) is 0 Å². The normalized spacial score (nSPS) is 11.8. The summed E-state index contributed by atoms with van der Waals surface area (Å²) >= 11 is 0. The van der Waals surface area contributed by atoms with Gasteiger partial charge in [0.1, 0.15) is 0 Å². The summed E-state index contributed by atoms with van der Waals surface area (Å²) in [5.74, 6) is 0. The van der Waals surface area contributed by atoms with Crippen molar-refractivity contribution >= 4 is 74.3 Å². The Morgan fingerprint density at radius 2 is 0.347 bits per heavy atom. The quantitative estimate of drug-likeness (QED) is 0.0842. The van der Waals surface area contributed by atoms with Crippen LogP contribution in [0, 0.1) is 0 Å². The summed E-state index contributed by atoms with van der Waals surface area (Å²) in [6, 6.07) is 175. The summed E-state index contributed by atoms with van der Waals surface area (Å²) in [5.41, 5.74) is 41.1. The van der Waals surface area contributed by atoms with E-state index in [9.17, 15) is 0 Å². The molecule has 552 valence electrons. The third-order valence-electron chi connectivity index (χ3n) is 23.7. The van der Waals surface area contributed by atoms with Gasteiger partial charge in [0, 0.05) is 45.5 Å². The number of benzene rings is 19. The molecule has 2 aliphatic rings. The molecule has 0 spiro atoms. The average molecular weight is 1500 g/mol. The fourth-order valence-corrected chi connectivity index (χ4v) is 18.2. The topological polar surface area (TPSA) is 9.72 Å². The molecule has 21 rings (SSSR count). The standard InChI is InChI=1S/C114H78BN3/c1-7-31-79(32-8-1)96-43-19-23-49-102(96)85-55-65-91(66-56-85)116(92-67-57-86(58-68-92)103-50-24-20-44-97(103)80-33-9-2-10-34-80)95-77-112-114-113(78-95)118(94-71-61-88(62-72-94)105-52-26-22-46-99(105)82-37-13-4-14-38-82)111-74-64-90(107-54-30-28-48-101(107)84-41-17-6-18-42-84)76-109(111)115(114)108-75-89(106-53-29-27-47-100(106)83-39-15-5-16-40-83)63-73-110(108)117(112)93-69-59-87(60-70-93)104-51-25-21-45-98(104)81-35-11-3-12-36-81/h1-78H. The summed E-state index contributed by atoms with van der Waals surface area (Å²) in [4.78, 5) is 7.66. The SMILES string of the molecule is c1ccc(-c2ccccc2-c2ccc(N(c3ccc(-c4ccccc4-c4ccccc4)cc3)c3cc4c5c(c3)N(c3ccc(-c6ccccc6-c6ccccc6)cc3)c3ccc(-c6ccccc6-c6ccccc6)cc3B5c3cc(-c5ccccc5-c5ccccc5)ccc3N4c3ccc(-c4ccccc4-c4ccccc4)cc3)cc2)cc1. The molecule has 0 N–H and O–H groups in total. The van der Waals surface area contributed by atoms with E-state index in [0.717, 1.165) is 84.6 Å². The van der Waals surface area contributed by atoms with Gasteiger partial charge in [0.15, 0.2) is 0 Å². The highest BCUT2D eigenvalue weighted by Gasteiger charge is 2.45. The molecule has 118 heavy (non-hydrogen) atoms. The second kappa shape index (κ2) is 30.9. The predicted molar refractivity (Wildman–Crippen MR) is 500 cm³/mol. The average Bonchev–Trinajstić information content (AvgIpc) is 0.691. The maximum atomic E-state index is 2.58. The van der Waals surface area contributed by atoms with Gasteiger partial charge in [-0.3, -0.25) is 0 Å². The molecule has 0 aromatic heterocycles. The first-order valence-corrected chi connectivity index (χ1v) is 40.7. The highest BCUT2D eigenvalue weighted by atomic mass is 15.2. The lowest BCUT2D eigenvalue weighted by atomic mass is 9.33. The number of rotatable bonds is 17. The van der Waals surface area contributed by atoms with E-state index in [1.165, 1.54) is 117 Å². The Bertz CT molecular complexity index is 6460. The fraction of sp³-hybridized carbons (Fsp3) is 0. The molecule has 19 aromatic carbocycles. The zero-order valence-electron chi connectivity index (χ0n) is 65.0. The summed E-state index contributed by atoms with van der Waals surface area (Å²) < 4.78 is 0. The van der Waals surface area contributed by atoms with Crippen molar-refractivity contribution in [1.82, 2.24) is 0 Å². The predicted octanol–water partition coefficient (Wildman–Crippen LogP) is 29.2. The fourth-order valence-electron chi connectivity index (χ4n) is 18.2. The Balaban J connectivity index is 0.841. The molecule has 0 radical (unpaired) electrons. The van der Waals surface area contributed by atoms with E-state index in [1.807, 2.05) is 0 Å². The first-order chi connectivity index (χ1) is 58.6. The minimum Gasteiger partial charge on any atom is -0.311 e. The van der Waals surface area contributed by atoms with Crippen molar-refractivity contribution in [1.29, 1.82) is 0 Å². The van der Waals surface area contributed by atoms with E-state index in [1.54, 1.807) is 0 Å². The minimum atomic E-state index is -0.292. The number of hydrogen-bond acceptors (Lipinski definition) is 3. The third kappa shape index (κ3) is 13.1. The molecule has 0 aliphatic carbocycles. The first kappa shape index (κ1) is 70.5. The number of nitrogens with zero attached hydrogens (tertiary/aromatic N) is 3. The molecule has 2 heterocycles. The van der Waals surface area contributed by atoms with Gasteiger partial charge in [-0.2, -0.15) is 0 Å². The number of anilines is 9. The van der Waals surface area contributed by atoms with Crippen molar-refractivity contribution in [2.75, 3.05) is 14.7 Å². The van der Waals surface area contributed by atoms with E-state index in [0.29, 0.717) is 0 Å². The van der Waals surface area contributed by atoms with Crippen LogP contribution in [0.25, 0.3) is 134 Å². The van der Waals surface area contributed by atoms with Crippen LogP contribution in [0.2, 0.25) is 0 Å². The lowest BCUT2D eigenvalue weighted by Crippen LogP contribution is -2.61. The Kier molecular flexibility index (Phi) is 18.4. The molecule has 3 nitrogen and oxygen atoms in total. The van der Waals surface area contributed by atoms with Crippen molar-refractivity contribution in [3.8, 4) is 134 Å². The van der Waals surface area contributed by atoms with E-state index in [2.05, 4.69) is 488 Å². The van der Waals surface area contributed by atoms with E-state index < -0.39 is 0 Å². The van der Waals surface area contributed by atoms with Gasteiger partial charge in [0.2, 0.25) is 0 Å². The van der Waals surface area contributed by atoms with Crippen LogP contribution in [0.15, 0.2) is 473 Å². The van der Waals surface area contributed by atoms with Crippen LogP contribution < -0.4 is 31.1 Å². The first-order valence-electron chi connectivity index (χ1n) is 40.7. The number of fused-ring (bicyclic) bond motifs is 4. The van der Waals surface area contributed by atoms with Gasteiger partial charge < -0.3 is 14.7 Å². The van der Waals surface area contributed by atoms with Crippen molar-refractivity contribution < 1.29 is 0 Å². The Labute approximate surface area is 691 Å². The summed E-state index contributed by atoms with van der Waals surface area (Å²) in [5, 5.41) is 0. The molecule has 0 saturated heterocycles. The molecule has 2 aliphatic heterocycles. The maximum Gasteiger partial charge on any atom is 0.252 e. The van der Waals surface area contributed by atoms with Gasteiger partial charge in [-0.05, 0) is 223 Å². The van der Waals surface area contributed by atoms with Gasteiger partial charge >= 0.3 is 0 Å². The molecule has 0 bridgehead atoms. The summed E-state index contributed by atoms with van der Waals surface area (Å²) in [6.07, 6.45) is 0. The Hall–Kier alpha value is -15.4. The molecule has 4 heteroatoms. The van der Waals surface area contributed by atoms with Crippen LogP contribution in [-0.4, -0.2) is 6.71 Å². The third-order valence-corrected chi connectivity index (χ3v) is 23.7. The highest BCUT2D eigenvalue weighted by molar-refractivity contribution is 7.00. The van der Waals surface area contributed by atoms with E-state index in [4.69, 9.17) is 0 Å². The van der Waals surface area contributed by atoms with Crippen LogP contribution in [0.4, 0.5) is 51.2 Å². The molecule has 0 unspecified atom stereocenters. The molecule has 0 fully saturated rings. The van der Waals surface area contributed by atoms with E-state index >= 15 is 0 Å². The van der Waals surface area contributed by atoms with Crippen LogP contribution >= 0.6 is 0 Å².